The number of rotatable bonds is 3. The van der Waals surface area contributed by atoms with Crippen molar-refractivity contribution >= 4 is 6.29 Å². The maximum Gasteiger partial charge on any atom is 0.123 e. The Bertz CT molecular complexity index is 595. The highest BCUT2D eigenvalue weighted by Gasteiger charge is 2.50. The molecule has 1 nitrogen and oxygen atoms in total. The third-order valence-corrected chi connectivity index (χ3v) is 7.72. The van der Waals surface area contributed by atoms with Crippen LogP contribution in [0, 0.1) is 35.0 Å². The minimum absolute atomic E-state index is 0.201. The first-order chi connectivity index (χ1) is 11.9. The Morgan fingerprint density at radius 2 is 2.00 bits per heavy atom. The highest BCUT2D eigenvalue weighted by Crippen LogP contribution is 2.59. The molecule has 1 heteroatoms. The fraction of sp³-hybridized carbons (Fsp3) is 0.708. The lowest BCUT2D eigenvalue weighted by atomic mass is 9.61. The van der Waals surface area contributed by atoms with E-state index in [1.807, 2.05) is 0 Å². The van der Waals surface area contributed by atoms with Crippen LogP contribution in [0.25, 0.3) is 0 Å². The van der Waals surface area contributed by atoms with Crippen LogP contribution in [0.3, 0.4) is 0 Å². The standard InChI is InChI=1S/C24H36O/c1-16-13-17(2)19(4)21(14-16)9-8-20-7-6-12-24(5)22(18(3)15-25)10-11-23(20)24/h8-9,15-18,22-23H,4,6-7,10-14H2,1-3,5H3/b20-8+,21-9-/t16-,17-,18?,22+,23-,24+/m0/s1. The monoisotopic (exact) mass is 340 g/mol. The first kappa shape index (κ1) is 18.7. The molecule has 3 aliphatic rings. The van der Waals surface area contributed by atoms with Gasteiger partial charge in [-0.05, 0) is 85.2 Å². The Morgan fingerprint density at radius 1 is 1.24 bits per heavy atom. The van der Waals surface area contributed by atoms with E-state index in [0.717, 1.165) is 5.92 Å². The van der Waals surface area contributed by atoms with Crippen LogP contribution in [0.1, 0.15) is 72.6 Å². The van der Waals surface area contributed by atoms with Crippen molar-refractivity contribution in [1.29, 1.82) is 0 Å². The molecule has 0 heterocycles. The number of allylic oxidation sites excluding steroid dienone is 5. The summed E-state index contributed by atoms with van der Waals surface area (Å²) in [5.41, 5.74) is 4.79. The first-order valence-electron chi connectivity index (χ1n) is 10.4. The molecule has 1 unspecified atom stereocenters. The zero-order valence-corrected chi connectivity index (χ0v) is 16.7. The van der Waals surface area contributed by atoms with E-state index < -0.39 is 0 Å². The summed E-state index contributed by atoms with van der Waals surface area (Å²) in [6.45, 7) is 13.6. The Labute approximate surface area is 154 Å². The molecule has 0 aromatic carbocycles. The lowest BCUT2D eigenvalue weighted by Crippen LogP contribution is -2.36. The van der Waals surface area contributed by atoms with E-state index in [2.05, 4.69) is 46.4 Å². The van der Waals surface area contributed by atoms with Gasteiger partial charge in [-0.2, -0.15) is 0 Å². The first-order valence-corrected chi connectivity index (χ1v) is 10.4. The van der Waals surface area contributed by atoms with Crippen LogP contribution in [0.2, 0.25) is 0 Å². The summed E-state index contributed by atoms with van der Waals surface area (Å²) < 4.78 is 0. The lowest BCUT2D eigenvalue weighted by molar-refractivity contribution is -0.113. The van der Waals surface area contributed by atoms with E-state index >= 15 is 0 Å². The van der Waals surface area contributed by atoms with Crippen LogP contribution in [0.15, 0.2) is 35.5 Å². The predicted octanol–water partition coefficient (Wildman–Crippen LogP) is 6.51. The summed E-state index contributed by atoms with van der Waals surface area (Å²) in [4.78, 5) is 11.4. The van der Waals surface area contributed by atoms with E-state index in [0.29, 0.717) is 23.2 Å². The molecule has 6 atom stereocenters. The minimum atomic E-state index is 0.201. The van der Waals surface area contributed by atoms with Gasteiger partial charge in [0, 0.05) is 5.92 Å². The fourth-order valence-corrected chi connectivity index (χ4v) is 6.27. The van der Waals surface area contributed by atoms with Crippen molar-refractivity contribution in [3.63, 3.8) is 0 Å². The third-order valence-electron chi connectivity index (χ3n) is 7.72. The molecule has 3 saturated carbocycles. The summed E-state index contributed by atoms with van der Waals surface area (Å²) in [6.07, 6.45) is 14.8. The number of aldehydes is 1. The zero-order valence-electron chi connectivity index (χ0n) is 16.7. The van der Waals surface area contributed by atoms with Crippen LogP contribution in [-0.2, 0) is 4.79 Å². The van der Waals surface area contributed by atoms with Crippen LogP contribution in [0.5, 0.6) is 0 Å². The smallest absolute Gasteiger partial charge is 0.123 e. The van der Waals surface area contributed by atoms with Gasteiger partial charge in [0.1, 0.15) is 6.29 Å². The number of fused-ring (bicyclic) bond motifs is 1. The summed E-state index contributed by atoms with van der Waals surface area (Å²) in [5.74, 6) is 2.83. The molecule has 0 aromatic rings. The average molecular weight is 341 g/mol. The number of hydrogen-bond donors (Lipinski definition) is 0. The third kappa shape index (κ3) is 3.44. The maximum absolute atomic E-state index is 11.4. The van der Waals surface area contributed by atoms with Gasteiger partial charge in [0.25, 0.3) is 0 Å². The molecule has 0 spiro atoms. The molecular weight excluding hydrogens is 304 g/mol. The second kappa shape index (κ2) is 7.25. The molecule has 0 aliphatic heterocycles. The number of carbonyl (C=O) groups excluding carboxylic acids is 1. The molecule has 3 aliphatic carbocycles. The molecule has 0 amide bonds. The Hall–Kier alpha value is -1.11. The van der Waals surface area contributed by atoms with E-state index in [1.54, 1.807) is 5.57 Å². The van der Waals surface area contributed by atoms with Crippen molar-refractivity contribution in [3.05, 3.63) is 35.5 Å². The maximum atomic E-state index is 11.4. The normalized spacial score (nSPS) is 43.3. The number of hydrogen-bond acceptors (Lipinski definition) is 1. The summed E-state index contributed by atoms with van der Waals surface area (Å²) >= 11 is 0. The molecular formula is C24H36O. The van der Waals surface area contributed by atoms with Gasteiger partial charge < -0.3 is 4.79 Å². The summed E-state index contributed by atoms with van der Waals surface area (Å²) in [5, 5.41) is 0. The van der Waals surface area contributed by atoms with Crippen molar-refractivity contribution in [1.82, 2.24) is 0 Å². The van der Waals surface area contributed by atoms with Gasteiger partial charge in [0.15, 0.2) is 0 Å². The van der Waals surface area contributed by atoms with Crippen molar-refractivity contribution in [2.24, 2.45) is 35.0 Å². The molecule has 0 saturated heterocycles. The van der Waals surface area contributed by atoms with E-state index in [1.165, 1.54) is 62.4 Å². The van der Waals surface area contributed by atoms with Gasteiger partial charge in [0.2, 0.25) is 0 Å². The molecule has 0 aromatic heterocycles. The molecule has 3 rings (SSSR count). The fourth-order valence-electron chi connectivity index (χ4n) is 6.27. The summed E-state index contributed by atoms with van der Waals surface area (Å²) in [7, 11) is 0. The highest BCUT2D eigenvalue weighted by atomic mass is 16.1. The van der Waals surface area contributed by atoms with Gasteiger partial charge >= 0.3 is 0 Å². The summed E-state index contributed by atoms with van der Waals surface area (Å²) in [6, 6.07) is 0. The zero-order chi connectivity index (χ0) is 18.2. The SMILES string of the molecule is C=C1/C(=C\C=C2/CCC[C@]3(C)[C@@H](C(C)C=O)CC[C@@H]23)C[C@@H](C)C[C@@H]1C. The Morgan fingerprint density at radius 3 is 2.72 bits per heavy atom. The van der Waals surface area contributed by atoms with Gasteiger partial charge in [-0.3, -0.25) is 0 Å². The van der Waals surface area contributed by atoms with Crippen molar-refractivity contribution in [2.45, 2.75) is 72.6 Å². The largest absolute Gasteiger partial charge is 0.303 e. The second-order valence-corrected chi connectivity index (χ2v) is 9.50. The van der Waals surface area contributed by atoms with Gasteiger partial charge in [-0.15, -0.1) is 0 Å². The van der Waals surface area contributed by atoms with Crippen molar-refractivity contribution < 1.29 is 4.79 Å². The van der Waals surface area contributed by atoms with Gasteiger partial charge in [-0.1, -0.05) is 52.0 Å². The molecule has 0 bridgehead atoms. The molecule has 3 fully saturated rings. The van der Waals surface area contributed by atoms with Crippen LogP contribution < -0.4 is 0 Å². The van der Waals surface area contributed by atoms with E-state index in [-0.39, 0.29) is 5.92 Å². The second-order valence-electron chi connectivity index (χ2n) is 9.50. The van der Waals surface area contributed by atoms with Crippen molar-refractivity contribution in [2.75, 3.05) is 0 Å². The topological polar surface area (TPSA) is 17.1 Å². The highest BCUT2D eigenvalue weighted by molar-refractivity contribution is 5.54. The number of carbonyl (C=O) groups is 1. The lowest BCUT2D eigenvalue weighted by Gasteiger charge is -2.43. The Balaban J connectivity index is 1.83. The van der Waals surface area contributed by atoms with E-state index in [9.17, 15) is 4.79 Å². The minimum Gasteiger partial charge on any atom is -0.303 e. The van der Waals surface area contributed by atoms with Gasteiger partial charge in [0.05, 0.1) is 0 Å². The van der Waals surface area contributed by atoms with Gasteiger partial charge in [-0.25, -0.2) is 0 Å². The van der Waals surface area contributed by atoms with Crippen LogP contribution in [0.4, 0.5) is 0 Å². The van der Waals surface area contributed by atoms with E-state index in [4.69, 9.17) is 0 Å². The predicted molar refractivity (Wildman–Crippen MR) is 106 cm³/mol. The van der Waals surface area contributed by atoms with Crippen molar-refractivity contribution in [3.8, 4) is 0 Å². The van der Waals surface area contributed by atoms with Crippen LogP contribution in [-0.4, -0.2) is 6.29 Å². The average Bonchev–Trinajstić information content (AvgIpc) is 2.93. The molecule has 0 N–H and O–H groups in total. The quantitative estimate of drug-likeness (QED) is 0.535. The van der Waals surface area contributed by atoms with Crippen LogP contribution >= 0.6 is 0 Å². The Kier molecular flexibility index (Phi) is 5.42. The molecule has 0 radical (unpaired) electrons. The molecule has 138 valence electrons. The molecule has 25 heavy (non-hydrogen) atoms.